The van der Waals surface area contributed by atoms with Crippen LogP contribution in [0.1, 0.15) is 13.3 Å². The number of ether oxygens (including phenoxy) is 2. The number of carbonyl (C=O) groups is 1. The van der Waals surface area contributed by atoms with Crippen LogP contribution >= 0.6 is 11.8 Å². The fourth-order valence-electron chi connectivity index (χ4n) is 3.33. The van der Waals surface area contributed by atoms with Gasteiger partial charge in [-0.3, -0.25) is 18.6 Å². The number of anilines is 1. The average Bonchev–Trinajstić information content (AvgIpc) is 3.26. The third-order valence-electron chi connectivity index (χ3n) is 5.12. The van der Waals surface area contributed by atoms with E-state index in [0.717, 1.165) is 0 Å². The summed E-state index contributed by atoms with van der Waals surface area (Å²) in [6.45, 7) is 1.88. The van der Waals surface area contributed by atoms with E-state index in [4.69, 9.17) is 9.47 Å². The van der Waals surface area contributed by atoms with Crippen LogP contribution in [0.5, 0.6) is 11.5 Å². The highest BCUT2D eigenvalue weighted by Crippen LogP contribution is 2.31. The number of carbonyl (C=O) groups excluding carboxylic acids is 1. The molecule has 1 amide bonds. The first-order valence-corrected chi connectivity index (χ1v) is 11.2. The first-order chi connectivity index (χ1) is 16.4. The monoisotopic (exact) mass is 483 g/mol. The van der Waals surface area contributed by atoms with E-state index < -0.39 is 16.6 Å². The minimum atomic E-state index is -0.511. The van der Waals surface area contributed by atoms with Crippen molar-refractivity contribution in [3.8, 4) is 17.2 Å². The van der Waals surface area contributed by atoms with Crippen molar-refractivity contribution in [1.82, 2.24) is 19.2 Å². The Balaban J connectivity index is 1.59. The molecular formula is C23H22FN5O4S. The Hall–Kier alpha value is -3.86. The predicted octanol–water partition coefficient (Wildman–Crippen LogP) is 3.55. The molecule has 176 valence electrons. The second kappa shape index (κ2) is 9.96. The third-order valence-corrected chi connectivity index (χ3v) is 6.44. The molecule has 0 saturated heterocycles. The van der Waals surface area contributed by atoms with Crippen molar-refractivity contribution in [1.29, 1.82) is 0 Å². The summed E-state index contributed by atoms with van der Waals surface area (Å²) in [7, 11) is 3.06. The van der Waals surface area contributed by atoms with Crippen molar-refractivity contribution in [2.45, 2.75) is 23.8 Å². The minimum Gasteiger partial charge on any atom is -0.497 e. The lowest BCUT2D eigenvalue weighted by Crippen LogP contribution is -2.25. The first kappa shape index (κ1) is 23.3. The van der Waals surface area contributed by atoms with Gasteiger partial charge in [-0.25, -0.2) is 4.39 Å². The van der Waals surface area contributed by atoms with Gasteiger partial charge in [0.1, 0.15) is 17.3 Å². The molecule has 4 aromatic rings. The molecule has 34 heavy (non-hydrogen) atoms. The van der Waals surface area contributed by atoms with E-state index >= 15 is 0 Å². The molecule has 2 aromatic heterocycles. The molecule has 11 heteroatoms. The number of halogens is 1. The van der Waals surface area contributed by atoms with Crippen LogP contribution in [0.3, 0.4) is 0 Å². The van der Waals surface area contributed by atoms with Gasteiger partial charge in [0.2, 0.25) is 11.6 Å². The lowest BCUT2D eigenvalue weighted by Gasteiger charge is -2.16. The normalized spacial score (nSPS) is 11.9. The fraction of sp³-hybridized carbons (Fsp3) is 0.217. The molecule has 0 saturated carbocycles. The van der Waals surface area contributed by atoms with Crippen LogP contribution in [-0.2, 0) is 4.79 Å². The summed E-state index contributed by atoms with van der Waals surface area (Å²) in [4.78, 5) is 25.9. The van der Waals surface area contributed by atoms with Gasteiger partial charge >= 0.3 is 5.56 Å². The largest absolute Gasteiger partial charge is 0.497 e. The van der Waals surface area contributed by atoms with E-state index in [1.54, 1.807) is 37.7 Å². The number of methoxy groups -OCH3 is 2. The smallest absolute Gasteiger partial charge is 0.300 e. The molecule has 0 radical (unpaired) electrons. The summed E-state index contributed by atoms with van der Waals surface area (Å²) in [5.41, 5.74) is 0.675. The standard InChI is InChI=1S/C23H22FN5O4S/c1-4-19(21(30)25-17-13-16(32-2)9-10-18(17)33-3)34-23-27-26-20-22(31)28(11-12-29(20)23)15-7-5-14(24)6-8-15/h5-13,19H,4H2,1-3H3,(H,25,30). The summed E-state index contributed by atoms with van der Waals surface area (Å²) in [5, 5.41) is 10.9. The van der Waals surface area contributed by atoms with Crippen LogP contribution in [0.25, 0.3) is 11.3 Å². The van der Waals surface area contributed by atoms with Crippen molar-refractivity contribution in [2.75, 3.05) is 19.5 Å². The number of hydrogen-bond donors (Lipinski definition) is 1. The van der Waals surface area contributed by atoms with Crippen molar-refractivity contribution < 1.29 is 18.7 Å². The Morgan fingerprint density at radius 2 is 1.88 bits per heavy atom. The van der Waals surface area contributed by atoms with E-state index in [-0.39, 0.29) is 11.6 Å². The molecule has 0 aliphatic rings. The van der Waals surface area contributed by atoms with E-state index in [1.807, 2.05) is 6.92 Å². The maximum atomic E-state index is 13.2. The van der Waals surface area contributed by atoms with Crippen LogP contribution in [0, 0.1) is 5.82 Å². The number of aromatic nitrogens is 4. The summed E-state index contributed by atoms with van der Waals surface area (Å²) < 4.78 is 26.7. The van der Waals surface area contributed by atoms with E-state index in [0.29, 0.717) is 34.5 Å². The van der Waals surface area contributed by atoms with Gasteiger partial charge in [0.05, 0.1) is 25.2 Å². The highest BCUT2D eigenvalue weighted by molar-refractivity contribution is 8.00. The van der Waals surface area contributed by atoms with Crippen LogP contribution in [0.4, 0.5) is 10.1 Å². The van der Waals surface area contributed by atoms with Gasteiger partial charge in [0.25, 0.3) is 0 Å². The second-order valence-corrected chi connectivity index (χ2v) is 8.37. The molecule has 1 N–H and O–H groups in total. The van der Waals surface area contributed by atoms with Gasteiger partial charge in [-0.05, 0) is 42.8 Å². The van der Waals surface area contributed by atoms with E-state index in [2.05, 4.69) is 15.5 Å². The summed E-state index contributed by atoms with van der Waals surface area (Å²) in [5.74, 6) is 0.436. The maximum Gasteiger partial charge on any atom is 0.300 e. The average molecular weight is 484 g/mol. The number of benzene rings is 2. The zero-order valence-corrected chi connectivity index (χ0v) is 19.5. The molecule has 4 rings (SSSR count). The second-order valence-electron chi connectivity index (χ2n) is 7.20. The van der Waals surface area contributed by atoms with Gasteiger partial charge in [0.15, 0.2) is 5.16 Å². The number of rotatable bonds is 8. The van der Waals surface area contributed by atoms with Gasteiger partial charge in [-0.2, -0.15) is 0 Å². The number of amides is 1. The van der Waals surface area contributed by atoms with Crippen molar-refractivity contribution in [3.63, 3.8) is 0 Å². The number of fused-ring (bicyclic) bond motifs is 1. The van der Waals surface area contributed by atoms with E-state index in [9.17, 15) is 14.0 Å². The number of nitrogens with one attached hydrogen (secondary N) is 1. The fourth-order valence-corrected chi connectivity index (χ4v) is 4.26. The molecule has 0 fully saturated rings. The van der Waals surface area contributed by atoms with Crippen LogP contribution < -0.4 is 20.3 Å². The maximum absolute atomic E-state index is 13.2. The predicted molar refractivity (Wildman–Crippen MR) is 127 cm³/mol. The highest BCUT2D eigenvalue weighted by atomic mass is 32.2. The topological polar surface area (TPSA) is 99.8 Å². The summed E-state index contributed by atoms with van der Waals surface area (Å²) in [6.07, 6.45) is 3.70. The van der Waals surface area contributed by atoms with Crippen molar-refractivity contribution >= 4 is 29.0 Å². The molecule has 0 aliphatic heterocycles. The minimum absolute atomic E-state index is 0.0963. The zero-order valence-electron chi connectivity index (χ0n) is 18.7. The summed E-state index contributed by atoms with van der Waals surface area (Å²) >= 11 is 1.20. The lowest BCUT2D eigenvalue weighted by atomic mass is 10.2. The molecule has 0 bridgehead atoms. The number of hydrogen-bond acceptors (Lipinski definition) is 7. The molecule has 0 aliphatic carbocycles. The molecule has 2 heterocycles. The van der Waals surface area contributed by atoms with Gasteiger partial charge in [0, 0.05) is 24.1 Å². The Morgan fingerprint density at radius 3 is 2.56 bits per heavy atom. The van der Waals surface area contributed by atoms with Crippen LogP contribution in [0.15, 0.2) is 64.8 Å². The summed E-state index contributed by atoms with van der Waals surface area (Å²) in [6, 6.07) is 10.7. The molecule has 1 unspecified atom stereocenters. The quantitative estimate of drug-likeness (QED) is 0.383. The zero-order chi connectivity index (χ0) is 24.2. The third kappa shape index (κ3) is 4.60. The first-order valence-electron chi connectivity index (χ1n) is 10.4. The van der Waals surface area contributed by atoms with Gasteiger partial charge < -0.3 is 14.8 Å². The molecule has 1 atom stereocenters. The Labute approximate surface area is 198 Å². The number of nitrogens with zero attached hydrogens (tertiary/aromatic N) is 4. The Bertz CT molecular complexity index is 1390. The van der Waals surface area contributed by atoms with Crippen molar-refractivity contribution in [3.05, 3.63) is 71.0 Å². The van der Waals surface area contributed by atoms with Crippen LogP contribution in [-0.4, -0.2) is 44.5 Å². The van der Waals surface area contributed by atoms with Crippen molar-refractivity contribution in [2.24, 2.45) is 0 Å². The Morgan fingerprint density at radius 1 is 1.12 bits per heavy atom. The number of thioether (sulfide) groups is 1. The van der Waals surface area contributed by atoms with E-state index in [1.165, 1.54) is 52.1 Å². The Kier molecular flexibility index (Phi) is 6.82. The molecular weight excluding hydrogens is 461 g/mol. The SMILES string of the molecule is CCC(Sc1nnc2c(=O)n(-c3ccc(F)cc3)ccn12)C(=O)Nc1cc(OC)ccc1OC. The van der Waals surface area contributed by atoms with Crippen LogP contribution in [0.2, 0.25) is 0 Å². The lowest BCUT2D eigenvalue weighted by molar-refractivity contribution is -0.115. The highest BCUT2D eigenvalue weighted by Gasteiger charge is 2.23. The van der Waals surface area contributed by atoms with Gasteiger partial charge in [-0.15, -0.1) is 10.2 Å². The van der Waals surface area contributed by atoms with Gasteiger partial charge in [-0.1, -0.05) is 18.7 Å². The molecule has 0 spiro atoms. The molecule has 2 aromatic carbocycles. The molecule has 9 nitrogen and oxygen atoms in total.